The molecule has 0 unspecified atom stereocenters. The molecule has 19 heavy (non-hydrogen) atoms. The van der Waals surface area contributed by atoms with Gasteiger partial charge in [0.1, 0.15) is 11.0 Å². The molecule has 6 nitrogen and oxygen atoms in total. The fourth-order valence-electron chi connectivity index (χ4n) is 1.47. The Labute approximate surface area is 117 Å². The zero-order chi connectivity index (χ0) is 13.8. The van der Waals surface area contributed by atoms with E-state index in [1.54, 1.807) is 0 Å². The number of halogens is 1. The summed E-state index contributed by atoms with van der Waals surface area (Å²) in [6, 6.07) is 1.81. The summed E-state index contributed by atoms with van der Waals surface area (Å²) in [6.45, 7) is 2.39. The lowest BCUT2D eigenvalue weighted by Gasteiger charge is -2.07. The topological polar surface area (TPSA) is 73.0 Å². The number of anilines is 1. The third kappa shape index (κ3) is 3.03. The van der Waals surface area contributed by atoms with Gasteiger partial charge in [0.05, 0.1) is 24.1 Å². The molecule has 0 amide bonds. The van der Waals surface area contributed by atoms with Crippen LogP contribution in [0, 0.1) is 19.3 Å². The quantitative estimate of drug-likeness (QED) is 0.864. The van der Waals surface area contributed by atoms with Gasteiger partial charge >= 0.3 is 0 Å². The van der Waals surface area contributed by atoms with Crippen LogP contribution >= 0.6 is 15.9 Å². The van der Waals surface area contributed by atoms with Gasteiger partial charge in [-0.3, -0.25) is 4.79 Å². The van der Waals surface area contributed by atoms with Crippen LogP contribution in [0.5, 0.6) is 0 Å². The molecule has 0 atom stereocenters. The van der Waals surface area contributed by atoms with Gasteiger partial charge < -0.3 is 9.84 Å². The summed E-state index contributed by atoms with van der Waals surface area (Å²) in [4.78, 5) is 11.9. The molecule has 0 aliphatic carbocycles. The van der Waals surface area contributed by atoms with Gasteiger partial charge in [0.25, 0.3) is 5.56 Å². The minimum atomic E-state index is -0.281. The van der Waals surface area contributed by atoms with Gasteiger partial charge in [-0.05, 0) is 22.9 Å². The highest BCUT2D eigenvalue weighted by Crippen LogP contribution is 2.17. The maximum absolute atomic E-state index is 11.9. The van der Waals surface area contributed by atoms with Crippen LogP contribution in [0.4, 0.5) is 5.69 Å². The summed E-state index contributed by atoms with van der Waals surface area (Å²) in [7, 11) is 0. The summed E-state index contributed by atoms with van der Waals surface area (Å²) in [5.41, 5.74) is 1.10. The number of hydrogen-bond acceptors (Lipinski definition) is 5. The Bertz CT molecular complexity index is 684. The lowest BCUT2D eigenvalue weighted by Crippen LogP contribution is -2.24. The predicted octanol–water partition coefficient (Wildman–Crippen LogP) is 1.55. The van der Waals surface area contributed by atoms with Crippen molar-refractivity contribution in [3.05, 3.63) is 38.5 Å². The van der Waals surface area contributed by atoms with Crippen LogP contribution in [0.25, 0.3) is 0 Å². The predicted molar refractivity (Wildman–Crippen MR) is 73.6 cm³/mol. The third-order valence-corrected chi connectivity index (χ3v) is 3.12. The Kier molecular flexibility index (Phi) is 4.02. The number of terminal acetylenes is 1. The zero-order valence-corrected chi connectivity index (χ0v) is 11.8. The first kappa shape index (κ1) is 13.4. The van der Waals surface area contributed by atoms with E-state index in [4.69, 9.17) is 10.9 Å². The number of nitrogens with zero attached hydrogens (tertiary/aromatic N) is 3. The maximum Gasteiger partial charge on any atom is 0.284 e. The van der Waals surface area contributed by atoms with E-state index < -0.39 is 0 Å². The van der Waals surface area contributed by atoms with E-state index >= 15 is 0 Å². The molecular formula is C12H11BrN4O2. The molecule has 0 fully saturated rings. The summed E-state index contributed by atoms with van der Waals surface area (Å²) in [6.07, 6.45) is 6.69. The molecule has 0 saturated carbocycles. The lowest BCUT2D eigenvalue weighted by molar-refractivity contribution is 0.384. The summed E-state index contributed by atoms with van der Waals surface area (Å²) in [5, 5.41) is 10.8. The average Bonchev–Trinajstić information content (AvgIpc) is 2.80. The molecule has 0 bridgehead atoms. The summed E-state index contributed by atoms with van der Waals surface area (Å²) < 4.78 is 6.65. The first-order chi connectivity index (χ1) is 9.11. The fraction of sp³-hybridized carbons (Fsp3) is 0.250. The van der Waals surface area contributed by atoms with Crippen LogP contribution in [0.2, 0.25) is 0 Å². The summed E-state index contributed by atoms with van der Waals surface area (Å²) in [5.74, 6) is 3.05. The van der Waals surface area contributed by atoms with Crippen molar-refractivity contribution in [1.29, 1.82) is 0 Å². The van der Waals surface area contributed by atoms with E-state index in [0.29, 0.717) is 22.5 Å². The molecule has 2 rings (SSSR count). The van der Waals surface area contributed by atoms with Crippen LogP contribution in [0.1, 0.15) is 11.5 Å². The van der Waals surface area contributed by atoms with E-state index in [-0.39, 0.29) is 12.1 Å². The Hall–Kier alpha value is -2.07. The molecule has 2 heterocycles. The van der Waals surface area contributed by atoms with E-state index in [2.05, 4.69) is 37.4 Å². The standard InChI is InChI=1S/C12H11BrN4O2/c1-3-4-17-12(18)11(13)10(7-15-17)14-6-9-5-8(2)16-19-9/h1,5,7,14H,4,6H2,2H3. The molecule has 1 N–H and O–H groups in total. The molecule has 7 heteroatoms. The molecule has 98 valence electrons. The van der Waals surface area contributed by atoms with Gasteiger partial charge in [-0.2, -0.15) is 5.10 Å². The molecule has 2 aromatic heterocycles. The van der Waals surface area contributed by atoms with Crippen LogP contribution in [-0.2, 0) is 13.1 Å². The smallest absolute Gasteiger partial charge is 0.284 e. The second-order valence-electron chi connectivity index (χ2n) is 3.83. The Morgan fingerprint density at radius 2 is 2.42 bits per heavy atom. The lowest BCUT2D eigenvalue weighted by atomic mass is 10.3. The van der Waals surface area contributed by atoms with Crippen LogP contribution in [-0.4, -0.2) is 14.9 Å². The SMILES string of the molecule is C#CCn1ncc(NCc2cc(C)no2)c(Br)c1=O. The number of aromatic nitrogens is 3. The van der Waals surface area contributed by atoms with Crippen molar-refractivity contribution in [3.63, 3.8) is 0 Å². The van der Waals surface area contributed by atoms with Crippen molar-refractivity contribution in [2.45, 2.75) is 20.0 Å². The highest BCUT2D eigenvalue weighted by Gasteiger charge is 2.09. The zero-order valence-electron chi connectivity index (χ0n) is 10.2. The third-order valence-electron chi connectivity index (χ3n) is 2.36. The Morgan fingerprint density at radius 3 is 3.05 bits per heavy atom. The largest absolute Gasteiger partial charge is 0.375 e. The Morgan fingerprint density at radius 1 is 1.63 bits per heavy atom. The monoisotopic (exact) mass is 322 g/mol. The van der Waals surface area contributed by atoms with Gasteiger partial charge in [-0.1, -0.05) is 11.1 Å². The van der Waals surface area contributed by atoms with E-state index in [1.165, 1.54) is 10.9 Å². The van der Waals surface area contributed by atoms with Crippen molar-refractivity contribution in [3.8, 4) is 12.3 Å². The van der Waals surface area contributed by atoms with Crippen LogP contribution in [0.3, 0.4) is 0 Å². The number of aryl methyl sites for hydroxylation is 1. The second-order valence-corrected chi connectivity index (χ2v) is 4.62. The number of hydrogen-bond donors (Lipinski definition) is 1. The molecule has 2 aromatic rings. The summed E-state index contributed by atoms with van der Waals surface area (Å²) >= 11 is 3.23. The highest BCUT2D eigenvalue weighted by molar-refractivity contribution is 9.10. The van der Waals surface area contributed by atoms with E-state index in [0.717, 1.165) is 5.69 Å². The van der Waals surface area contributed by atoms with Crippen molar-refractivity contribution in [1.82, 2.24) is 14.9 Å². The molecular weight excluding hydrogens is 312 g/mol. The van der Waals surface area contributed by atoms with Crippen LogP contribution in [0.15, 0.2) is 26.1 Å². The van der Waals surface area contributed by atoms with E-state index in [1.807, 2.05) is 13.0 Å². The van der Waals surface area contributed by atoms with Gasteiger partial charge in [0.2, 0.25) is 0 Å². The number of rotatable bonds is 4. The van der Waals surface area contributed by atoms with Crippen molar-refractivity contribution in [2.75, 3.05) is 5.32 Å². The fourth-order valence-corrected chi connectivity index (χ4v) is 1.92. The molecule has 0 aliphatic rings. The van der Waals surface area contributed by atoms with Crippen molar-refractivity contribution >= 4 is 21.6 Å². The van der Waals surface area contributed by atoms with Crippen LogP contribution < -0.4 is 10.9 Å². The Balaban J connectivity index is 2.16. The molecule has 0 aliphatic heterocycles. The second kappa shape index (κ2) is 5.71. The minimum Gasteiger partial charge on any atom is -0.375 e. The number of nitrogens with one attached hydrogen (secondary N) is 1. The normalized spacial score (nSPS) is 10.2. The first-order valence-corrected chi connectivity index (χ1v) is 6.26. The molecule has 0 saturated heterocycles. The van der Waals surface area contributed by atoms with Gasteiger partial charge in [0, 0.05) is 6.07 Å². The average molecular weight is 323 g/mol. The van der Waals surface area contributed by atoms with Gasteiger partial charge in [0.15, 0.2) is 5.76 Å². The molecule has 0 spiro atoms. The highest BCUT2D eigenvalue weighted by atomic mass is 79.9. The van der Waals surface area contributed by atoms with Gasteiger partial charge in [-0.15, -0.1) is 6.42 Å². The first-order valence-electron chi connectivity index (χ1n) is 5.47. The molecule has 0 radical (unpaired) electrons. The maximum atomic E-state index is 11.9. The molecule has 0 aromatic carbocycles. The van der Waals surface area contributed by atoms with E-state index in [9.17, 15) is 4.79 Å². The minimum absolute atomic E-state index is 0.138. The van der Waals surface area contributed by atoms with Gasteiger partial charge in [-0.25, -0.2) is 4.68 Å². The van der Waals surface area contributed by atoms with Crippen molar-refractivity contribution in [2.24, 2.45) is 0 Å². The van der Waals surface area contributed by atoms with Crippen molar-refractivity contribution < 1.29 is 4.52 Å².